The van der Waals surface area contributed by atoms with Crippen molar-refractivity contribution in [1.82, 2.24) is 4.90 Å². The zero-order valence-corrected chi connectivity index (χ0v) is 24.0. The van der Waals surface area contributed by atoms with Crippen LogP contribution in [0.1, 0.15) is 85.5 Å². The van der Waals surface area contributed by atoms with Gasteiger partial charge in [0.1, 0.15) is 5.41 Å². The van der Waals surface area contributed by atoms with Crippen molar-refractivity contribution in [2.45, 2.75) is 97.7 Å². The summed E-state index contributed by atoms with van der Waals surface area (Å²) < 4.78 is 7.22. The topological polar surface area (TPSA) is 73.6 Å². The van der Waals surface area contributed by atoms with Crippen molar-refractivity contribution in [2.24, 2.45) is 51.8 Å². The lowest BCUT2D eigenvalue weighted by atomic mass is 9.41. The van der Waals surface area contributed by atoms with Crippen LogP contribution in [0.2, 0.25) is 0 Å². The van der Waals surface area contributed by atoms with Gasteiger partial charge in [-0.05, 0) is 74.0 Å². The quantitative estimate of drug-likeness (QED) is 0.372. The second-order valence-electron chi connectivity index (χ2n) is 14.1. The van der Waals surface area contributed by atoms with Crippen LogP contribution >= 0.6 is 0 Å². The molecule has 1 saturated heterocycles. The monoisotopic (exact) mass is 520 g/mol. The molecule has 10 atom stereocenters. The normalized spacial score (nSPS) is 47.4. The number of unbranched alkanes of at least 4 members (excludes halogenated alkanes) is 1. The summed E-state index contributed by atoms with van der Waals surface area (Å²) in [6, 6.07) is 2.82. The molecule has 0 aromatic carbocycles. The first-order valence-electron chi connectivity index (χ1n) is 15.7. The fourth-order valence-electron chi connectivity index (χ4n) is 11.0. The maximum atomic E-state index is 13.9. The molecule has 0 aromatic rings. The predicted molar refractivity (Wildman–Crippen MR) is 148 cm³/mol. The van der Waals surface area contributed by atoms with Crippen molar-refractivity contribution in [3.8, 4) is 6.07 Å². The van der Waals surface area contributed by atoms with Crippen LogP contribution in [0.5, 0.6) is 0 Å². The number of allylic oxidation sites excluding steroid dienone is 1. The van der Waals surface area contributed by atoms with Crippen molar-refractivity contribution in [1.29, 1.82) is 5.26 Å². The molecule has 208 valence electrons. The van der Waals surface area contributed by atoms with E-state index in [1.54, 1.807) is 0 Å². The molecular weight excluding hydrogens is 472 g/mol. The highest BCUT2D eigenvalue weighted by Gasteiger charge is 2.86. The van der Waals surface area contributed by atoms with Gasteiger partial charge in [0.15, 0.2) is 0 Å². The summed E-state index contributed by atoms with van der Waals surface area (Å²) in [6.45, 7) is 11.9. The lowest BCUT2D eigenvalue weighted by Gasteiger charge is -2.59. The summed E-state index contributed by atoms with van der Waals surface area (Å²) in [5.41, 5.74) is -1.40. The second-order valence-corrected chi connectivity index (χ2v) is 14.1. The van der Waals surface area contributed by atoms with Crippen molar-refractivity contribution < 1.29 is 14.6 Å². The van der Waals surface area contributed by atoms with Crippen LogP contribution in [0.15, 0.2) is 23.8 Å². The maximum Gasteiger partial charge on any atom is 0.316 e. The molecule has 0 radical (unpaired) electrons. The molecule has 4 bridgehead atoms. The Labute approximate surface area is 229 Å². The molecule has 2 aliphatic heterocycles. The number of fused-ring (bicyclic) bond motifs is 2. The molecule has 38 heavy (non-hydrogen) atoms. The van der Waals surface area contributed by atoms with Crippen LogP contribution in [0.3, 0.4) is 0 Å². The van der Waals surface area contributed by atoms with Crippen molar-refractivity contribution >= 4 is 5.97 Å². The van der Waals surface area contributed by atoms with E-state index >= 15 is 0 Å². The zero-order valence-electron chi connectivity index (χ0n) is 24.0. The van der Waals surface area contributed by atoms with E-state index in [2.05, 4.69) is 56.9 Å². The minimum atomic E-state index is -1.12. The van der Waals surface area contributed by atoms with Crippen LogP contribution in [0.4, 0.5) is 0 Å². The van der Waals surface area contributed by atoms with Gasteiger partial charge in [-0.2, -0.15) is 5.26 Å². The van der Waals surface area contributed by atoms with Gasteiger partial charge in [0.2, 0.25) is 0 Å². The first kappa shape index (κ1) is 26.6. The highest BCUT2D eigenvalue weighted by Crippen LogP contribution is 2.84. The highest BCUT2D eigenvalue weighted by atomic mass is 16.5. The average Bonchev–Trinajstić information content (AvgIpc) is 3.61. The van der Waals surface area contributed by atoms with Crippen LogP contribution in [0.25, 0.3) is 0 Å². The minimum Gasteiger partial charge on any atom is -0.481 e. The molecule has 0 aromatic heterocycles. The van der Waals surface area contributed by atoms with Gasteiger partial charge in [-0.1, -0.05) is 70.8 Å². The minimum absolute atomic E-state index is 0.0905. The predicted octanol–water partition coefficient (Wildman–Crippen LogP) is 6.46. The van der Waals surface area contributed by atoms with Gasteiger partial charge in [-0.25, -0.2) is 0 Å². The molecule has 7 unspecified atom stereocenters. The number of carboxylic acid groups (broad SMARTS) is 1. The molecule has 0 spiro atoms. The van der Waals surface area contributed by atoms with Gasteiger partial charge in [0.25, 0.3) is 0 Å². The van der Waals surface area contributed by atoms with Crippen molar-refractivity contribution in [2.75, 3.05) is 19.6 Å². The molecule has 4 fully saturated rings. The lowest BCUT2D eigenvalue weighted by Crippen LogP contribution is -2.64. The van der Waals surface area contributed by atoms with Crippen molar-refractivity contribution in [3.63, 3.8) is 0 Å². The number of nitrogens with zero attached hydrogens (tertiary/aromatic N) is 2. The number of nitriles is 1. The largest absolute Gasteiger partial charge is 0.481 e. The van der Waals surface area contributed by atoms with Gasteiger partial charge in [0.05, 0.1) is 23.7 Å². The average molecular weight is 521 g/mol. The SMILES string of the molecule is CCCCC1CC(C23C[C@@H]4[C@H](C)CC[C@H]4C4(C#N)CC2C=C(C(C)C)C34C(=O)O)OC1CN1CC=CCC1. The number of carbonyl (C=O) groups is 1. The fourth-order valence-corrected chi connectivity index (χ4v) is 11.0. The Morgan fingerprint density at radius 1 is 1.29 bits per heavy atom. The summed E-state index contributed by atoms with van der Waals surface area (Å²) in [5.74, 6) is 1.13. The van der Waals surface area contributed by atoms with E-state index in [0.29, 0.717) is 24.2 Å². The molecule has 6 rings (SSSR count). The first-order valence-corrected chi connectivity index (χ1v) is 15.7. The van der Waals surface area contributed by atoms with Gasteiger partial charge in [-0.3, -0.25) is 9.69 Å². The third kappa shape index (κ3) is 3.26. The molecule has 0 amide bonds. The van der Waals surface area contributed by atoms with Gasteiger partial charge in [-0.15, -0.1) is 0 Å². The number of rotatable bonds is 8. The van der Waals surface area contributed by atoms with Crippen LogP contribution in [-0.4, -0.2) is 47.8 Å². The second kappa shape index (κ2) is 9.48. The number of carboxylic acids is 1. The Bertz CT molecular complexity index is 1060. The highest BCUT2D eigenvalue weighted by molar-refractivity contribution is 5.86. The van der Waals surface area contributed by atoms with E-state index in [1.807, 2.05) is 0 Å². The number of aliphatic carboxylic acids is 1. The third-order valence-corrected chi connectivity index (χ3v) is 12.4. The molecule has 3 saturated carbocycles. The summed E-state index contributed by atoms with van der Waals surface area (Å²) >= 11 is 0. The Kier molecular flexibility index (Phi) is 6.63. The first-order chi connectivity index (χ1) is 18.3. The number of hydrogen-bond acceptors (Lipinski definition) is 4. The molecule has 5 heteroatoms. The van der Waals surface area contributed by atoms with E-state index in [0.717, 1.165) is 63.7 Å². The van der Waals surface area contributed by atoms with E-state index in [9.17, 15) is 15.2 Å². The number of ether oxygens (including phenoxy) is 1. The number of hydrogen-bond donors (Lipinski definition) is 1. The van der Waals surface area contributed by atoms with E-state index in [4.69, 9.17) is 4.74 Å². The Balaban J connectivity index is 1.45. The Morgan fingerprint density at radius 3 is 2.76 bits per heavy atom. The Hall–Kier alpha value is -1.64. The van der Waals surface area contributed by atoms with Gasteiger partial charge >= 0.3 is 5.97 Å². The standard InChI is InChI=1S/C33H48N2O3/c1-5-6-10-23-15-29(38-28(23)19-35-13-8-7-9-14-35)32-18-25-22(4)11-12-26(25)31(20-34)17-24(32)16-27(21(2)3)33(31,32)30(36)37/h7-8,16,21-26,28-29H,5-6,9-15,17-19H2,1-4H3,(H,36,37)/t22-,23?,24?,25-,26-,28?,29?,31?,32?,33?/m1/s1. The Morgan fingerprint density at radius 2 is 2.11 bits per heavy atom. The fraction of sp³-hybridized carbons (Fsp3) is 0.818. The summed E-state index contributed by atoms with van der Waals surface area (Å²) in [7, 11) is 0. The molecule has 5 nitrogen and oxygen atoms in total. The van der Waals surface area contributed by atoms with Crippen LogP contribution in [0, 0.1) is 63.1 Å². The lowest BCUT2D eigenvalue weighted by molar-refractivity contribution is -0.191. The van der Waals surface area contributed by atoms with Crippen LogP contribution in [-0.2, 0) is 9.53 Å². The molecule has 4 aliphatic carbocycles. The van der Waals surface area contributed by atoms with Gasteiger partial charge in [0, 0.05) is 25.0 Å². The van der Waals surface area contributed by atoms with Crippen molar-refractivity contribution in [3.05, 3.63) is 23.8 Å². The zero-order chi connectivity index (χ0) is 26.9. The molecule has 1 N–H and O–H groups in total. The smallest absolute Gasteiger partial charge is 0.316 e. The molecule has 2 heterocycles. The van der Waals surface area contributed by atoms with E-state index < -0.39 is 22.2 Å². The van der Waals surface area contributed by atoms with Crippen LogP contribution < -0.4 is 0 Å². The summed E-state index contributed by atoms with van der Waals surface area (Å²) in [5, 5.41) is 22.4. The van der Waals surface area contributed by atoms with Gasteiger partial charge < -0.3 is 9.84 Å². The third-order valence-electron chi connectivity index (χ3n) is 12.4. The summed E-state index contributed by atoms with van der Waals surface area (Å²) in [6.07, 6.45) is 16.2. The van der Waals surface area contributed by atoms with E-state index in [-0.39, 0.29) is 30.0 Å². The van der Waals surface area contributed by atoms with E-state index in [1.165, 1.54) is 12.8 Å². The molecule has 6 aliphatic rings. The molecular formula is C33H48N2O3. The maximum absolute atomic E-state index is 13.9. The summed E-state index contributed by atoms with van der Waals surface area (Å²) in [4.78, 5) is 16.4.